The number of nitrogens with two attached hydrogens (primary N) is 1. The van der Waals surface area contributed by atoms with Gasteiger partial charge in [0.25, 0.3) is 23.6 Å². The second-order valence-electron chi connectivity index (χ2n) is 15.7. The van der Waals surface area contributed by atoms with Gasteiger partial charge in [-0.05, 0) is 73.9 Å². The number of halogens is 2. The number of nitrogens with zero attached hydrogens (tertiary/aromatic N) is 2. The fourth-order valence-corrected chi connectivity index (χ4v) is 8.16. The van der Waals surface area contributed by atoms with Gasteiger partial charge in [0.2, 0.25) is 23.6 Å². The van der Waals surface area contributed by atoms with Gasteiger partial charge in [-0.2, -0.15) is 0 Å². The standard InChI is InChI=1S/C24H24ClN3O6.C23H23ClN4O6/c1-14-5-6-16(25)19(13-14)34-12-11-33-10-9-26-17-4-2-3-15-21(17)24(32)28(23(15)31)18-7-8-20(29)27-22(18)30;24-15-5-4-13(25)12-18(15)34-11-10-33-9-8-26-16-3-1-2-14-20(16)23(32)28(22(14)31)17-6-7-19(29)27-21(17)30/h2-6,13,18,26H,7-12H2,1H3,(H,27,29,30);1-5,12,17,26H,6-11,25H2,(H,27,29,30). The fourth-order valence-electron chi connectivity index (χ4n) is 7.82. The molecule has 0 spiro atoms. The van der Waals surface area contributed by atoms with E-state index in [0.717, 1.165) is 15.4 Å². The lowest BCUT2D eigenvalue weighted by atomic mass is 10.0. The molecule has 2 unspecified atom stereocenters. The number of carbonyl (C=O) groups is 8. The number of carbonyl (C=O) groups excluding carboxylic acids is 8. The topological polar surface area (TPSA) is 254 Å². The summed E-state index contributed by atoms with van der Waals surface area (Å²) in [5.74, 6) is -3.23. The molecule has 68 heavy (non-hydrogen) atoms. The summed E-state index contributed by atoms with van der Waals surface area (Å²) in [5.41, 5.74) is 9.12. The van der Waals surface area contributed by atoms with Crippen LogP contribution in [0.4, 0.5) is 17.1 Å². The molecule has 2 fully saturated rings. The summed E-state index contributed by atoms with van der Waals surface area (Å²) in [6.45, 7) is 4.63. The molecule has 4 aliphatic heterocycles. The number of nitrogens with one attached hydrogen (secondary N) is 4. The Hall–Kier alpha value is -7.06. The monoisotopic (exact) mass is 971 g/mol. The molecule has 356 valence electrons. The van der Waals surface area contributed by atoms with Gasteiger partial charge in [-0.1, -0.05) is 41.4 Å². The lowest BCUT2D eigenvalue weighted by Gasteiger charge is -2.27. The largest absolute Gasteiger partial charge is 0.490 e. The molecule has 8 rings (SSSR count). The molecule has 0 bridgehead atoms. The first-order valence-electron chi connectivity index (χ1n) is 21.6. The Morgan fingerprint density at radius 3 is 1.51 bits per heavy atom. The van der Waals surface area contributed by atoms with E-state index >= 15 is 0 Å². The highest BCUT2D eigenvalue weighted by molar-refractivity contribution is 6.32. The molecule has 4 heterocycles. The number of fused-ring (bicyclic) bond motifs is 2. The Morgan fingerprint density at radius 1 is 0.588 bits per heavy atom. The number of benzene rings is 4. The van der Waals surface area contributed by atoms with Crippen LogP contribution in [0.25, 0.3) is 0 Å². The predicted octanol–water partition coefficient (Wildman–Crippen LogP) is 4.39. The van der Waals surface area contributed by atoms with Crippen molar-refractivity contribution in [2.75, 3.05) is 69.1 Å². The number of imide groups is 4. The molecule has 2 saturated heterocycles. The molecule has 4 aliphatic rings. The molecule has 8 amide bonds. The summed E-state index contributed by atoms with van der Waals surface area (Å²) in [6, 6.07) is 18.3. The van der Waals surface area contributed by atoms with E-state index in [1.165, 1.54) is 0 Å². The first-order valence-corrected chi connectivity index (χ1v) is 22.4. The van der Waals surface area contributed by atoms with E-state index < -0.39 is 59.3 Å². The quantitative estimate of drug-likeness (QED) is 0.0527. The van der Waals surface area contributed by atoms with Gasteiger partial charge in [-0.3, -0.25) is 58.8 Å². The van der Waals surface area contributed by atoms with Crippen molar-refractivity contribution in [1.82, 2.24) is 20.4 Å². The number of piperidine rings is 2. The minimum Gasteiger partial charge on any atom is -0.490 e. The van der Waals surface area contributed by atoms with Crippen molar-refractivity contribution >= 4 is 87.5 Å². The molecule has 4 aromatic rings. The van der Waals surface area contributed by atoms with E-state index in [0.29, 0.717) is 84.7 Å². The van der Waals surface area contributed by atoms with Crippen molar-refractivity contribution < 1.29 is 57.3 Å². The van der Waals surface area contributed by atoms with E-state index in [-0.39, 0.29) is 54.5 Å². The van der Waals surface area contributed by atoms with Crippen LogP contribution in [0, 0.1) is 6.92 Å². The van der Waals surface area contributed by atoms with Crippen LogP contribution in [0.2, 0.25) is 10.0 Å². The molecule has 0 aliphatic carbocycles. The van der Waals surface area contributed by atoms with Crippen molar-refractivity contribution in [2.45, 2.75) is 44.7 Å². The molecule has 19 nitrogen and oxygen atoms in total. The van der Waals surface area contributed by atoms with Crippen LogP contribution in [0.5, 0.6) is 11.5 Å². The number of nitrogen functional groups attached to an aromatic ring is 1. The van der Waals surface area contributed by atoms with E-state index in [1.807, 2.05) is 19.1 Å². The maximum absolute atomic E-state index is 13.1. The van der Waals surface area contributed by atoms with E-state index in [1.54, 1.807) is 60.7 Å². The Kier molecular flexibility index (Phi) is 15.9. The van der Waals surface area contributed by atoms with Crippen molar-refractivity contribution in [3.8, 4) is 11.5 Å². The zero-order chi connectivity index (χ0) is 48.5. The Balaban J connectivity index is 0.000000201. The number of rotatable bonds is 18. The second-order valence-corrected chi connectivity index (χ2v) is 16.6. The van der Waals surface area contributed by atoms with Gasteiger partial charge >= 0.3 is 0 Å². The smallest absolute Gasteiger partial charge is 0.264 e. The predicted molar refractivity (Wildman–Crippen MR) is 248 cm³/mol. The Morgan fingerprint density at radius 2 is 1.04 bits per heavy atom. The molecule has 0 saturated carbocycles. The van der Waals surface area contributed by atoms with Crippen molar-refractivity contribution in [3.63, 3.8) is 0 Å². The molecular formula is C47H47Cl2N7O12. The Bertz CT molecular complexity index is 2480. The first-order chi connectivity index (χ1) is 32.7. The average molecular weight is 973 g/mol. The highest BCUT2D eigenvalue weighted by Gasteiger charge is 2.47. The summed E-state index contributed by atoms with van der Waals surface area (Å²) in [7, 11) is 0. The van der Waals surface area contributed by atoms with Crippen LogP contribution >= 0.6 is 23.2 Å². The van der Waals surface area contributed by atoms with Crippen LogP contribution < -0.4 is 36.5 Å². The first kappa shape index (κ1) is 48.9. The molecule has 2 atom stereocenters. The van der Waals surface area contributed by atoms with Gasteiger partial charge in [0, 0.05) is 49.1 Å². The van der Waals surface area contributed by atoms with E-state index in [9.17, 15) is 38.4 Å². The third kappa shape index (κ3) is 11.2. The van der Waals surface area contributed by atoms with Crippen LogP contribution in [0.3, 0.4) is 0 Å². The number of aryl methyl sites for hydroxylation is 1. The summed E-state index contributed by atoms with van der Waals surface area (Å²) < 4.78 is 22.3. The number of hydrogen-bond donors (Lipinski definition) is 5. The van der Waals surface area contributed by atoms with Gasteiger partial charge < -0.3 is 35.3 Å². The highest BCUT2D eigenvalue weighted by atomic mass is 35.5. The lowest BCUT2D eigenvalue weighted by molar-refractivity contribution is -0.137. The average Bonchev–Trinajstić information content (AvgIpc) is 3.72. The van der Waals surface area contributed by atoms with Gasteiger partial charge in [0.1, 0.15) is 36.8 Å². The molecule has 6 N–H and O–H groups in total. The number of amides is 8. The van der Waals surface area contributed by atoms with Gasteiger partial charge in [0.15, 0.2) is 0 Å². The van der Waals surface area contributed by atoms with Crippen molar-refractivity contribution in [3.05, 3.63) is 111 Å². The molecule has 0 radical (unpaired) electrons. The van der Waals surface area contributed by atoms with E-state index in [4.69, 9.17) is 47.9 Å². The minimum absolute atomic E-state index is 0.0693. The number of hydrogen-bond acceptors (Lipinski definition) is 15. The third-order valence-corrected chi connectivity index (χ3v) is 11.7. The maximum Gasteiger partial charge on any atom is 0.264 e. The maximum atomic E-state index is 13.1. The van der Waals surface area contributed by atoms with Crippen molar-refractivity contribution in [1.29, 1.82) is 0 Å². The zero-order valence-corrected chi connectivity index (χ0v) is 38.2. The number of ether oxygens (including phenoxy) is 4. The summed E-state index contributed by atoms with van der Waals surface area (Å²) >= 11 is 12.1. The summed E-state index contributed by atoms with van der Waals surface area (Å²) in [4.78, 5) is 101. The lowest BCUT2D eigenvalue weighted by Crippen LogP contribution is -2.54. The summed E-state index contributed by atoms with van der Waals surface area (Å²) in [5, 5.41) is 11.6. The van der Waals surface area contributed by atoms with Crippen molar-refractivity contribution in [2.24, 2.45) is 0 Å². The van der Waals surface area contributed by atoms with E-state index in [2.05, 4.69) is 21.3 Å². The minimum atomic E-state index is -1.00. The van der Waals surface area contributed by atoms with Crippen LogP contribution in [-0.2, 0) is 28.7 Å². The zero-order valence-electron chi connectivity index (χ0n) is 36.7. The van der Waals surface area contributed by atoms with Gasteiger partial charge in [0.05, 0.1) is 58.7 Å². The highest BCUT2D eigenvalue weighted by Crippen LogP contribution is 2.34. The SMILES string of the molecule is Cc1ccc(Cl)c(OCCOCCNc2cccc3c2C(=O)N(C2CCC(=O)NC2=O)C3=O)c1.Nc1ccc(Cl)c(OCCOCCNc2cccc3c2C(=O)N(C2CCC(=O)NC2=O)C3=O)c1. The summed E-state index contributed by atoms with van der Waals surface area (Å²) in [6.07, 6.45) is 0.365. The second kappa shape index (κ2) is 22.2. The van der Waals surface area contributed by atoms with Gasteiger partial charge in [-0.15, -0.1) is 0 Å². The third-order valence-electron chi connectivity index (χ3n) is 11.1. The normalized spacial score (nSPS) is 17.6. The van der Waals surface area contributed by atoms with Crippen LogP contribution in [0.15, 0.2) is 72.8 Å². The van der Waals surface area contributed by atoms with Crippen LogP contribution in [-0.4, -0.2) is 122 Å². The Labute approximate surface area is 399 Å². The number of anilines is 3. The fraction of sp³-hybridized carbons (Fsp3) is 0.319. The van der Waals surface area contributed by atoms with Gasteiger partial charge in [-0.25, -0.2) is 0 Å². The van der Waals surface area contributed by atoms with Crippen LogP contribution in [0.1, 0.15) is 72.7 Å². The molecule has 21 heteroatoms. The molecule has 0 aromatic heterocycles. The molecular weight excluding hydrogens is 925 g/mol. The molecule has 4 aromatic carbocycles.